The van der Waals surface area contributed by atoms with Crippen LogP contribution in [-0.2, 0) is 16.2 Å². The van der Waals surface area contributed by atoms with Crippen molar-refractivity contribution in [3.63, 3.8) is 0 Å². The van der Waals surface area contributed by atoms with Crippen LogP contribution in [0.4, 0.5) is 18.9 Å². The third-order valence-corrected chi connectivity index (χ3v) is 6.24. The number of hydrogen-bond donors (Lipinski definition) is 1. The maximum absolute atomic E-state index is 13.0. The molecule has 0 aliphatic rings. The Bertz CT molecular complexity index is 1400. The molecular formula is C19H13ClF3N5O2S. The van der Waals surface area contributed by atoms with Crippen LogP contribution in [0.15, 0.2) is 59.5 Å². The second-order valence-electron chi connectivity index (χ2n) is 6.57. The lowest BCUT2D eigenvalue weighted by atomic mass is 10.1. The Morgan fingerprint density at radius 2 is 1.81 bits per heavy atom. The summed E-state index contributed by atoms with van der Waals surface area (Å²) in [5, 5.41) is 12.0. The third-order valence-electron chi connectivity index (χ3n) is 4.38. The Hall–Kier alpha value is -3.18. The number of fused-ring (bicyclic) bond motifs is 1. The van der Waals surface area contributed by atoms with Crippen LogP contribution in [0.2, 0.25) is 5.02 Å². The van der Waals surface area contributed by atoms with Crippen molar-refractivity contribution >= 4 is 33.0 Å². The molecule has 2 heterocycles. The van der Waals surface area contributed by atoms with Gasteiger partial charge < -0.3 is 0 Å². The summed E-state index contributed by atoms with van der Waals surface area (Å²) in [6.07, 6.45) is -4.71. The van der Waals surface area contributed by atoms with Crippen molar-refractivity contribution in [2.24, 2.45) is 0 Å². The van der Waals surface area contributed by atoms with Crippen LogP contribution in [0, 0.1) is 6.92 Å². The summed E-state index contributed by atoms with van der Waals surface area (Å²) in [5.41, 5.74) is 0.664. The first kappa shape index (κ1) is 21.1. The highest BCUT2D eigenvalue weighted by Crippen LogP contribution is 2.34. The molecule has 12 heteroatoms. The quantitative estimate of drug-likeness (QED) is 0.475. The van der Waals surface area contributed by atoms with Gasteiger partial charge in [0.1, 0.15) is 4.90 Å². The van der Waals surface area contributed by atoms with Crippen LogP contribution < -0.4 is 4.72 Å². The lowest BCUT2D eigenvalue weighted by molar-refractivity contribution is -0.137. The average Bonchev–Trinajstić information content (AvgIpc) is 3.07. The standard InChI is InChI=1S/C19H13ClF3N5O2S/c1-11-24-25-18-8-7-16(26-28(11)18)12-3-2-4-14(9-12)27-31(29,30)17-10-13(19(21,22)23)5-6-15(17)20/h2-10,27H,1H3. The van der Waals surface area contributed by atoms with Crippen LogP contribution >= 0.6 is 11.6 Å². The molecule has 160 valence electrons. The molecule has 0 aliphatic heterocycles. The molecule has 0 saturated carbocycles. The molecule has 0 aliphatic carbocycles. The maximum Gasteiger partial charge on any atom is 0.416 e. The van der Waals surface area contributed by atoms with E-state index in [4.69, 9.17) is 11.6 Å². The highest BCUT2D eigenvalue weighted by atomic mass is 35.5. The van der Waals surface area contributed by atoms with Crippen LogP contribution in [0.25, 0.3) is 16.9 Å². The average molecular weight is 468 g/mol. The van der Waals surface area contributed by atoms with Crippen LogP contribution in [0.1, 0.15) is 11.4 Å². The van der Waals surface area contributed by atoms with E-state index in [1.165, 1.54) is 16.6 Å². The van der Waals surface area contributed by atoms with E-state index in [1.54, 1.807) is 31.2 Å². The first-order valence-electron chi connectivity index (χ1n) is 8.74. The molecule has 0 bridgehead atoms. The topological polar surface area (TPSA) is 89.2 Å². The zero-order valence-corrected chi connectivity index (χ0v) is 17.3. The minimum atomic E-state index is -4.71. The number of rotatable bonds is 4. The normalized spacial score (nSPS) is 12.3. The van der Waals surface area contributed by atoms with Gasteiger partial charge in [0, 0.05) is 11.3 Å². The van der Waals surface area contributed by atoms with Crippen LogP contribution in [0.5, 0.6) is 0 Å². The molecule has 31 heavy (non-hydrogen) atoms. The predicted molar refractivity (Wildman–Crippen MR) is 108 cm³/mol. The van der Waals surface area contributed by atoms with E-state index in [1.807, 2.05) is 0 Å². The lowest BCUT2D eigenvalue weighted by Gasteiger charge is -2.13. The molecule has 4 rings (SSSR count). The summed E-state index contributed by atoms with van der Waals surface area (Å²) in [7, 11) is -4.39. The summed E-state index contributed by atoms with van der Waals surface area (Å²) >= 11 is 5.87. The summed E-state index contributed by atoms with van der Waals surface area (Å²) in [6.45, 7) is 1.74. The van der Waals surface area contributed by atoms with E-state index in [2.05, 4.69) is 20.0 Å². The van der Waals surface area contributed by atoms with Crippen molar-refractivity contribution < 1.29 is 21.6 Å². The monoisotopic (exact) mass is 467 g/mol. The highest BCUT2D eigenvalue weighted by molar-refractivity contribution is 7.92. The van der Waals surface area contributed by atoms with Gasteiger partial charge in [0.2, 0.25) is 0 Å². The van der Waals surface area contributed by atoms with Gasteiger partial charge in [-0.25, -0.2) is 8.42 Å². The number of halogens is 4. The molecule has 2 aromatic carbocycles. The minimum absolute atomic E-state index is 0.133. The SMILES string of the molecule is Cc1nnc2ccc(-c3cccc(NS(=O)(=O)c4cc(C(F)(F)F)ccc4Cl)c3)nn12. The van der Waals surface area contributed by atoms with E-state index in [0.717, 1.165) is 12.1 Å². The van der Waals surface area contributed by atoms with Crippen molar-refractivity contribution in [2.45, 2.75) is 18.0 Å². The molecule has 0 saturated heterocycles. The van der Waals surface area contributed by atoms with Gasteiger partial charge in [-0.1, -0.05) is 23.7 Å². The third kappa shape index (κ3) is 4.19. The first-order chi connectivity index (χ1) is 14.5. The van der Waals surface area contributed by atoms with E-state index < -0.39 is 26.7 Å². The molecule has 1 N–H and O–H groups in total. The number of aromatic nitrogens is 4. The number of nitrogens with zero attached hydrogens (tertiary/aromatic N) is 4. The molecule has 0 spiro atoms. The van der Waals surface area contributed by atoms with E-state index in [9.17, 15) is 21.6 Å². The molecule has 2 aromatic heterocycles. The summed E-state index contributed by atoms with van der Waals surface area (Å²) < 4.78 is 68.3. The second kappa shape index (κ2) is 7.50. The van der Waals surface area contributed by atoms with Crippen LogP contribution in [-0.4, -0.2) is 28.2 Å². The van der Waals surface area contributed by atoms with Gasteiger partial charge in [0.25, 0.3) is 10.0 Å². The smallest absolute Gasteiger partial charge is 0.280 e. The first-order valence-corrected chi connectivity index (χ1v) is 10.6. The molecule has 0 amide bonds. The van der Waals surface area contributed by atoms with Crippen molar-refractivity contribution in [2.75, 3.05) is 4.72 Å². The fraction of sp³-hybridized carbons (Fsp3) is 0.105. The van der Waals surface area contributed by atoms with Crippen molar-refractivity contribution in [3.05, 3.63) is 71.0 Å². The maximum atomic E-state index is 13.0. The Labute approximate surface area is 179 Å². The molecule has 7 nitrogen and oxygen atoms in total. The molecule has 4 aromatic rings. The Kier molecular flexibility index (Phi) is 5.10. The lowest BCUT2D eigenvalue weighted by Crippen LogP contribution is -2.15. The fourth-order valence-electron chi connectivity index (χ4n) is 2.89. The number of nitrogens with one attached hydrogen (secondary N) is 1. The number of benzene rings is 2. The van der Waals surface area contributed by atoms with E-state index in [-0.39, 0.29) is 10.7 Å². The number of alkyl halides is 3. The Balaban J connectivity index is 1.69. The predicted octanol–water partition coefficient (Wildman–Crippen LogP) is 4.57. The van der Waals surface area contributed by atoms with Crippen molar-refractivity contribution in [1.29, 1.82) is 0 Å². The molecular weight excluding hydrogens is 455 g/mol. The zero-order chi connectivity index (χ0) is 22.4. The zero-order valence-electron chi connectivity index (χ0n) is 15.7. The van der Waals surface area contributed by atoms with E-state index >= 15 is 0 Å². The Morgan fingerprint density at radius 3 is 2.55 bits per heavy atom. The molecule has 0 radical (unpaired) electrons. The van der Waals surface area contributed by atoms with E-state index in [0.29, 0.717) is 28.8 Å². The summed E-state index contributed by atoms with van der Waals surface area (Å²) in [5.74, 6) is 0.577. The van der Waals surface area contributed by atoms with Gasteiger partial charge in [-0.2, -0.15) is 22.8 Å². The van der Waals surface area contributed by atoms with Gasteiger partial charge in [0.15, 0.2) is 11.5 Å². The number of aryl methyl sites for hydroxylation is 1. The molecule has 0 fully saturated rings. The molecule has 0 atom stereocenters. The van der Waals surface area contributed by atoms with Gasteiger partial charge in [-0.3, -0.25) is 4.72 Å². The largest absolute Gasteiger partial charge is 0.416 e. The second-order valence-corrected chi connectivity index (χ2v) is 8.62. The summed E-state index contributed by atoms with van der Waals surface area (Å²) in [4.78, 5) is -0.672. The molecule has 0 unspecified atom stereocenters. The fourth-order valence-corrected chi connectivity index (χ4v) is 4.46. The summed E-state index contributed by atoms with van der Waals surface area (Å²) in [6, 6.07) is 11.8. The van der Waals surface area contributed by atoms with Gasteiger partial charge >= 0.3 is 6.18 Å². The van der Waals surface area contributed by atoms with Crippen LogP contribution in [0.3, 0.4) is 0 Å². The van der Waals surface area contributed by atoms with Gasteiger partial charge in [-0.15, -0.1) is 10.2 Å². The number of sulfonamides is 1. The van der Waals surface area contributed by atoms with Gasteiger partial charge in [-0.05, 0) is 49.4 Å². The van der Waals surface area contributed by atoms with Crippen molar-refractivity contribution in [3.8, 4) is 11.3 Å². The minimum Gasteiger partial charge on any atom is -0.280 e. The Morgan fingerprint density at radius 1 is 1.03 bits per heavy atom. The number of anilines is 1. The van der Waals surface area contributed by atoms with Gasteiger partial charge in [0.05, 0.1) is 16.3 Å². The van der Waals surface area contributed by atoms with Crippen molar-refractivity contribution in [1.82, 2.24) is 19.8 Å². The highest BCUT2D eigenvalue weighted by Gasteiger charge is 2.32. The number of hydrogen-bond acceptors (Lipinski definition) is 5.